The van der Waals surface area contributed by atoms with E-state index in [4.69, 9.17) is 14.2 Å². The van der Waals surface area contributed by atoms with E-state index in [-0.39, 0.29) is 17.5 Å². The Morgan fingerprint density at radius 3 is 1.92 bits per heavy atom. The Labute approximate surface area is 215 Å². The lowest BCUT2D eigenvalue weighted by Gasteiger charge is -2.08. The normalized spacial score (nSPS) is 9.58. The van der Waals surface area contributed by atoms with Crippen LogP contribution in [0.15, 0.2) is 54.6 Å². The standard InChI is InChI=1S/C11H15FO.C9H11FO.C8H9FO.C2H6/c1-4-13-11-6-5-9(8(2)3)7-10(11)12;1-3-7-5-4-6-8(11-2)9(7)10;1-6-5-7(10-2)3-4-8(6)9;1-2/h5-8H,4H2,1-3H3;4-6H,3H2,1-2H3;3-5H,1-2H3;1-2H3. The number of methoxy groups -OCH3 is 2. The highest BCUT2D eigenvalue weighted by Gasteiger charge is 2.06. The molecule has 0 bridgehead atoms. The molecule has 0 spiro atoms. The van der Waals surface area contributed by atoms with Gasteiger partial charge < -0.3 is 14.2 Å². The zero-order chi connectivity index (χ0) is 27.7. The van der Waals surface area contributed by atoms with Gasteiger partial charge in [-0.15, -0.1) is 0 Å². The third-order valence-corrected chi connectivity index (χ3v) is 4.93. The molecule has 0 fully saturated rings. The van der Waals surface area contributed by atoms with Gasteiger partial charge in [-0.2, -0.15) is 0 Å². The minimum atomic E-state index is -0.270. The molecule has 3 nitrogen and oxygen atoms in total. The zero-order valence-corrected chi connectivity index (χ0v) is 23.0. The molecule has 0 atom stereocenters. The van der Waals surface area contributed by atoms with Gasteiger partial charge in [0.1, 0.15) is 11.6 Å². The van der Waals surface area contributed by atoms with Gasteiger partial charge in [0, 0.05) is 0 Å². The number of hydrogen-bond acceptors (Lipinski definition) is 3. The maximum absolute atomic E-state index is 13.3. The number of ether oxygens (including phenoxy) is 3. The second kappa shape index (κ2) is 18.2. The summed E-state index contributed by atoms with van der Waals surface area (Å²) in [7, 11) is 3.03. The summed E-state index contributed by atoms with van der Waals surface area (Å²) < 4.78 is 53.8. The van der Waals surface area contributed by atoms with E-state index in [1.807, 2.05) is 47.6 Å². The van der Waals surface area contributed by atoms with Gasteiger partial charge in [-0.3, -0.25) is 0 Å². The first-order valence-electron chi connectivity index (χ1n) is 12.2. The fourth-order valence-electron chi connectivity index (χ4n) is 2.88. The fourth-order valence-corrected chi connectivity index (χ4v) is 2.88. The predicted molar refractivity (Wildman–Crippen MR) is 143 cm³/mol. The maximum atomic E-state index is 13.3. The van der Waals surface area contributed by atoms with Crippen LogP contribution in [0.3, 0.4) is 0 Å². The van der Waals surface area contributed by atoms with Crippen LogP contribution in [0, 0.1) is 24.4 Å². The molecule has 200 valence electrons. The monoisotopic (exact) mass is 506 g/mol. The Bertz CT molecular complexity index is 998. The summed E-state index contributed by atoms with van der Waals surface area (Å²) in [6.07, 6.45) is 0.697. The first-order chi connectivity index (χ1) is 17.2. The minimum absolute atomic E-state index is 0.194. The van der Waals surface area contributed by atoms with Crippen molar-refractivity contribution in [2.45, 2.75) is 60.8 Å². The Morgan fingerprint density at radius 1 is 0.778 bits per heavy atom. The van der Waals surface area contributed by atoms with Crippen LogP contribution in [0.25, 0.3) is 0 Å². The van der Waals surface area contributed by atoms with Crippen LogP contribution >= 0.6 is 0 Å². The Hall–Kier alpha value is -3.15. The van der Waals surface area contributed by atoms with Crippen LogP contribution in [0.4, 0.5) is 13.2 Å². The van der Waals surface area contributed by atoms with E-state index in [2.05, 4.69) is 0 Å². The van der Waals surface area contributed by atoms with E-state index in [1.54, 1.807) is 50.4 Å². The molecule has 0 amide bonds. The van der Waals surface area contributed by atoms with E-state index in [0.717, 1.165) is 5.56 Å². The third-order valence-electron chi connectivity index (χ3n) is 4.93. The van der Waals surface area contributed by atoms with Crippen LogP contribution in [0.1, 0.15) is 64.2 Å². The Morgan fingerprint density at radius 2 is 1.44 bits per heavy atom. The second-order valence-electron chi connectivity index (χ2n) is 7.68. The molecule has 0 aliphatic rings. The molecule has 0 aliphatic heterocycles. The molecule has 0 heterocycles. The molecular weight excluding hydrogens is 465 g/mol. The summed E-state index contributed by atoms with van der Waals surface area (Å²) in [4.78, 5) is 0. The van der Waals surface area contributed by atoms with Crippen molar-refractivity contribution in [2.24, 2.45) is 0 Å². The van der Waals surface area contributed by atoms with Gasteiger partial charge in [0.25, 0.3) is 0 Å². The Kier molecular flexibility index (Phi) is 16.6. The first-order valence-corrected chi connectivity index (χ1v) is 12.2. The van der Waals surface area contributed by atoms with Crippen molar-refractivity contribution < 1.29 is 27.4 Å². The molecule has 0 unspecified atom stereocenters. The molecule has 0 aliphatic carbocycles. The average molecular weight is 507 g/mol. The van der Waals surface area contributed by atoms with Crippen molar-refractivity contribution in [3.63, 3.8) is 0 Å². The van der Waals surface area contributed by atoms with Crippen molar-refractivity contribution in [1.29, 1.82) is 0 Å². The van der Waals surface area contributed by atoms with E-state index < -0.39 is 0 Å². The van der Waals surface area contributed by atoms with Crippen molar-refractivity contribution in [2.75, 3.05) is 20.8 Å². The summed E-state index contributed by atoms with van der Waals surface area (Å²) in [5.41, 5.74) is 2.31. The van der Waals surface area contributed by atoms with Crippen molar-refractivity contribution in [1.82, 2.24) is 0 Å². The van der Waals surface area contributed by atoms with Crippen LogP contribution in [0.5, 0.6) is 17.2 Å². The lowest BCUT2D eigenvalue weighted by molar-refractivity contribution is 0.321. The lowest BCUT2D eigenvalue weighted by Crippen LogP contribution is -1.96. The van der Waals surface area contributed by atoms with Gasteiger partial charge in [0.05, 0.1) is 20.8 Å². The molecule has 3 aromatic rings. The van der Waals surface area contributed by atoms with Gasteiger partial charge in [-0.25, -0.2) is 13.2 Å². The van der Waals surface area contributed by atoms with Crippen molar-refractivity contribution in [3.8, 4) is 17.2 Å². The molecule has 0 saturated heterocycles. The molecular formula is C30H41F3O3. The zero-order valence-electron chi connectivity index (χ0n) is 23.0. The van der Waals surface area contributed by atoms with Crippen LogP contribution in [-0.2, 0) is 6.42 Å². The largest absolute Gasteiger partial charge is 0.497 e. The van der Waals surface area contributed by atoms with Gasteiger partial charge in [-0.05, 0) is 79.3 Å². The van der Waals surface area contributed by atoms with E-state index in [0.29, 0.717) is 47.3 Å². The third kappa shape index (κ3) is 11.1. The van der Waals surface area contributed by atoms with Crippen LogP contribution in [-0.4, -0.2) is 20.8 Å². The average Bonchev–Trinajstić information content (AvgIpc) is 2.89. The molecule has 0 N–H and O–H groups in total. The number of rotatable bonds is 6. The SMILES string of the molecule is CC.CCOc1ccc(C(C)C)cc1F.CCc1cccc(OC)c1F.COc1ccc(F)c(C)c1. The van der Waals surface area contributed by atoms with E-state index in [9.17, 15) is 13.2 Å². The molecule has 0 saturated carbocycles. The summed E-state index contributed by atoms with van der Waals surface area (Å²) >= 11 is 0. The minimum Gasteiger partial charge on any atom is -0.497 e. The quantitative estimate of drug-likeness (QED) is 0.334. The van der Waals surface area contributed by atoms with E-state index in [1.165, 1.54) is 19.2 Å². The maximum Gasteiger partial charge on any atom is 0.168 e. The van der Waals surface area contributed by atoms with Crippen molar-refractivity contribution >= 4 is 0 Å². The molecule has 0 aromatic heterocycles. The predicted octanol–water partition coefficient (Wildman–Crippen LogP) is 8.91. The highest BCUT2D eigenvalue weighted by Crippen LogP contribution is 2.23. The summed E-state index contributed by atoms with van der Waals surface area (Å²) in [6, 6.07) is 15.0. The Balaban J connectivity index is 0.000000497. The van der Waals surface area contributed by atoms with Crippen molar-refractivity contribution in [3.05, 3.63) is 88.7 Å². The van der Waals surface area contributed by atoms with Crippen LogP contribution < -0.4 is 14.2 Å². The molecule has 3 aromatic carbocycles. The molecule has 0 radical (unpaired) electrons. The topological polar surface area (TPSA) is 27.7 Å². The van der Waals surface area contributed by atoms with Gasteiger partial charge in [0.15, 0.2) is 23.1 Å². The van der Waals surface area contributed by atoms with Gasteiger partial charge in [0.2, 0.25) is 0 Å². The summed E-state index contributed by atoms with van der Waals surface area (Å²) in [5, 5.41) is 0. The smallest absolute Gasteiger partial charge is 0.168 e. The molecule has 3 rings (SSSR count). The lowest BCUT2D eigenvalue weighted by atomic mass is 10.0. The molecule has 6 heteroatoms. The number of halogens is 3. The highest BCUT2D eigenvalue weighted by molar-refractivity contribution is 5.31. The number of benzene rings is 3. The molecule has 36 heavy (non-hydrogen) atoms. The van der Waals surface area contributed by atoms with Crippen LogP contribution in [0.2, 0.25) is 0 Å². The van der Waals surface area contributed by atoms with Gasteiger partial charge >= 0.3 is 0 Å². The van der Waals surface area contributed by atoms with E-state index >= 15 is 0 Å². The number of aryl methyl sites for hydroxylation is 2. The highest BCUT2D eigenvalue weighted by atomic mass is 19.1. The number of hydrogen-bond donors (Lipinski definition) is 0. The van der Waals surface area contributed by atoms with Gasteiger partial charge in [-0.1, -0.05) is 52.8 Å². The first kappa shape index (κ1) is 32.8. The summed E-state index contributed by atoms with van der Waals surface area (Å²) in [5.74, 6) is 1.01. The fraction of sp³-hybridized carbons (Fsp3) is 0.400. The summed E-state index contributed by atoms with van der Waals surface area (Å²) in [6.45, 7) is 14.0. The second-order valence-corrected chi connectivity index (χ2v) is 7.68.